The van der Waals surface area contributed by atoms with E-state index in [4.69, 9.17) is 0 Å². The van der Waals surface area contributed by atoms with Gasteiger partial charge in [0.2, 0.25) is 0 Å². The van der Waals surface area contributed by atoms with Crippen molar-refractivity contribution >= 4 is 21.6 Å². The Balaban J connectivity index is 2.08. The Bertz CT molecular complexity index is 551. The van der Waals surface area contributed by atoms with E-state index >= 15 is 0 Å². The first-order valence-corrected chi connectivity index (χ1v) is 6.59. The van der Waals surface area contributed by atoms with Gasteiger partial charge in [-0.05, 0) is 40.5 Å². The molecule has 2 aromatic rings. The second kappa shape index (κ2) is 5.52. The zero-order valence-electron chi connectivity index (χ0n) is 10.4. The van der Waals surface area contributed by atoms with E-state index in [0.717, 1.165) is 23.4 Å². The lowest BCUT2D eigenvalue weighted by Gasteiger charge is -2.06. The minimum absolute atomic E-state index is 0.262. The van der Waals surface area contributed by atoms with Crippen molar-refractivity contribution < 1.29 is 4.39 Å². The van der Waals surface area contributed by atoms with Gasteiger partial charge in [-0.25, -0.2) is 4.39 Å². The molecule has 0 radical (unpaired) electrons. The van der Waals surface area contributed by atoms with Crippen molar-refractivity contribution in [2.24, 2.45) is 7.05 Å². The van der Waals surface area contributed by atoms with Crippen LogP contribution in [0.3, 0.4) is 0 Å². The molecular formula is C13H15BrFN3. The van der Waals surface area contributed by atoms with E-state index < -0.39 is 0 Å². The standard InChI is InChI=1S/C13H15BrFN3/c1-3-13-9(8-18(2)17-13)7-16-10-4-5-11(14)12(15)6-10/h4-6,8,16H,3,7H2,1-2H3. The topological polar surface area (TPSA) is 29.9 Å². The van der Waals surface area contributed by atoms with Crippen molar-refractivity contribution in [3.63, 3.8) is 0 Å². The third-order valence-electron chi connectivity index (χ3n) is 2.73. The summed E-state index contributed by atoms with van der Waals surface area (Å²) in [6.45, 7) is 2.73. The Morgan fingerprint density at radius 2 is 2.22 bits per heavy atom. The first kappa shape index (κ1) is 13.1. The lowest BCUT2D eigenvalue weighted by Crippen LogP contribution is -2.01. The molecule has 2 rings (SSSR count). The van der Waals surface area contributed by atoms with Gasteiger partial charge in [0, 0.05) is 31.0 Å². The number of hydrogen-bond acceptors (Lipinski definition) is 2. The molecule has 0 aliphatic carbocycles. The van der Waals surface area contributed by atoms with E-state index in [1.807, 2.05) is 19.3 Å². The monoisotopic (exact) mass is 311 g/mol. The molecular weight excluding hydrogens is 297 g/mol. The molecule has 3 nitrogen and oxygen atoms in total. The third-order valence-corrected chi connectivity index (χ3v) is 3.37. The van der Waals surface area contributed by atoms with Crippen LogP contribution in [0.15, 0.2) is 28.9 Å². The minimum Gasteiger partial charge on any atom is -0.381 e. The van der Waals surface area contributed by atoms with Crippen molar-refractivity contribution in [1.29, 1.82) is 0 Å². The second-order valence-electron chi connectivity index (χ2n) is 4.11. The molecule has 1 heterocycles. The quantitative estimate of drug-likeness (QED) is 0.936. The van der Waals surface area contributed by atoms with Gasteiger partial charge in [0.05, 0.1) is 10.2 Å². The predicted octanol–water partition coefficient (Wildman–Crippen LogP) is 3.50. The number of benzene rings is 1. The molecule has 0 saturated heterocycles. The molecule has 1 N–H and O–H groups in total. The molecule has 0 spiro atoms. The fourth-order valence-electron chi connectivity index (χ4n) is 1.83. The fourth-order valence-corrected chi connectivity index (χ4v) is 2.08. The smallest absolute Gasteiger partial charge is 0.139 e. The maximum absolute atomic E-state index is 13.4. The van der Waals surface area contributed by atoms with Gasteiger partial charge in [0.1, 0.15) is 5.82 Å². The molecule has 96 valence electrons. The first-order valence-electron chi connectivity index (χ1n) is 5.80. The SMILES string of the molecule is CCc1nn(C)cc1CNc1ccc(Br)c(F)c1. The van der Waals surface area contributed by atoms with Crippen molar-refractivity contribution in [2.75, 3.05) is 5.32 Å². The van der Waals surface area contributed by atoms with Gasteiger partial charge in [0.15, 0.2) is 0 Å². The van der Waals surface area contributed by atoms with Crippen LogP contribution in [-0.4, -0.2) is 9.78 Å². The van der Waals surface area contributed by atoms with E-state index in [1.54, 1.807) is 10.7 Å². The second-order valence-corrected chi connectivity index (χ2v) is 4.97. The average molecular weight is 312 g/mol. The summed E-state index contributed by atoms with van der Waals surface area (Å²) >= 11 is 3.14. The summed E-state index contributed by atoms with van der Waals surface area (Å²) in [6.07, 6.45) is 2.88. The van der Waals surface area contributed by atoms with Crippen LogP contribution < -0.4 is 5.32 Å². The minimum atomic E-state index is -0.262. The van der Waals surface area contributed by atoms with Crippen LogP contribution in [0, 0.1) is 5.82 Å². The summed E-state index contributed by atoms with van der Waals surface area (Å²) in [5, 5.41) is 7.57. The van der Waals surface area contributed by atoms with Gasteiger partial charge >= 0.3 is 0 Å². The van der Waals surface area contributed by atoms with Crippen LogP contribution in [0.2, 0.25) is 0 Å². The van der Waals surface area contributed by atoms with Crippen molar-refractivity contribution in [1.82, 2.24) is 9.78 Å². The predicted molar refractivity (Wildman–Crippen MR) is 74.0 cm³/mol. The van der Waals surface area contributed by atoms with E-state index in [-0.39, 0.29) is 5.82 Å². The number of anilines is 1. The Hall–Kier alpha value is -1.36. The molecule has 0 bridgehead atoms. The summed E-state index contributed by atoms with van der Waals surface area (Å²) in [7, 11) is 1.90. The van der Waals surface area contributed by atoms with Gasteiger partial charge < -0.3 is 5.32 Å². The maximum atomic E-state index is 13.4. The van der Waals surface area contributed by atoms with Crippen molar-refractivity contribution in [3.05, 3.63) is 45.9 Å². The van der Waals surface area contributed by atoms with Gasteiger partial charge in [-0.1, -0.05) is 6.92 Å². The number of halogens is 2. The van der Waals surface area contributed by atoms with Gasteiger partial charge in [-0.3, -0.25) is 4.68 Å². The highest BCUT2D eigenvalue weighted by Gasteiger charge is 2.06. The Kier molecular flexibility index (Phi) is 4.01. The molecule has 1 aromatic carbocycles. The molecule has 0 fully saturated rings. The number of rotatable bonds is 4. The molecule has 18 heavy (non-hydrogen) atoms. The lowest BCUT2D eigenvalue weighted by atomic mass is 10.2. The molecule has 0 saturated carbocycles. The number of nitrogens with one attached hydrogen (secondary N) is 1. The molecule has 5 heteroatoms. The van der Waals surface area contributed by atoms with Gasteiger partial charge in [-0.15, -0.1) is 0 Å². The van der Waals surface area contributed by atoms with E-state index in [9.17, 15) is 4.39 Å². The van der Waals surface area contributed by atoms with E-state index in [2.05, 4.69) is 33.3 Å². The van der Waals surface area contributed by atoms with Crippen LogP contribution >= 0.6 is 15.9 Å². The molecule has 0 aliphatic heterocycles. The molecule has 1 aromatic heterocycles. The van der Waals surface area contributed by atoms with Crippen molar-refractivity contribution in [3.8, 4) is 0 Å². The van der Waals surface area contributed by atoms with Gasteiger partial charge in [-0.2, -0.15) is 5.10 Å². The lowest BCUT2D eigenvalue weighted by molar-refractivity contribution is 0.621. The molecule has 0 aliphatic rings. The van der Waals surface area contributed by atoms with Crippen LogP contribution in [-0.2, 0) is 20.0 Å². The first-order chi connectivity index (χ1) is 8.60. The van der Waals surface area contributed by atoms with E-state index in [1.165, 1.54) is 6.07 Å². The molecule has 0 unspecified atom stereocenters. The zero-order chi connectivity index (χ0) is 13.1. The number of aryl methyl sites for hydroxylation is 2. The number of hydrogen-bond donors (Lipinski definition) is 1. The Labute approximate surface area is 114 Å². The molecule has 0 atom stereocenters. The van der Waals surface area contributed by atoms with Crippen LogP contribution in [0.1, 0.15) is 18.2 Å². The van der Waals surface area contributed by atoms with Crippen LogP contribution in [0.25, 0.3) is 0 Å². The summed E-state index contributed by atoms with van der Waals surface area (Å²) in [6, 6.07) is 5.02. The number of nitrogens with zero attached hydrogens (tertiary/aromatic N) is 2. The van der Waals surface area contributed by atoms with Crippen LogP contribution in [0.5, 0.6) is 0 Å². The van der Waals surface area contributed by atoms with Crippen molar-refractivity contribution in [2.45, 2.75) is 19.9 Å². The largest absolute Gasteiger partial charge is 0.381 e. The average Bonchev–Trinajstić information content (AvgIpc) is 2.71. The van der Waals surface area contributed by atoms with Crippen LogP contribution in [0.4, 0.5) is 10.1 Å². The fraction of sp³-hybridized carbons (Fsp3) is 0.308. The van der Waals surface area contributed by atoms with E-state index in [0.29, 0.717) is 11.0 Å². The highest BCUT2D eigenvalue weighted by molar-refractivity contribution is 9.10. The summed E-state index contributed by atoms with van der Waals surface area (Å²) in [5.41, 5.74) is 2.98. The highest BCUT2D eigenvalue weighted by atomic mass is 79.9. The third kappa shape index (κ3) is 2.90. The summed E-state index contributed by atoms with van der Waals surface area (Å²) < 4.78 is 15.6. The Morgan fingerprint density at radius 3 is 2.89 bits per heavy atom. The summed E-state index contributed by atoms with van der Waals surface area (Å²) in [4.78, 5) is 0. The maximum Gasteiger partial charge on any atom is 0.139 e. The zero-order valence-corrected chi connectivity index (χ0v) is 12.0. The number of aromatic nitrogens is 2. The normalized spacial score (nSPS) is 10.7. The Morgan fingerprint density at radius 1 is 1.44 bits per heavy atom. The van der Waals surface area contributed by atoms with Gasteiger partial charge in [0.25, 0.3) is 0 Å². The highest BCUT2D eigenvalue weighted by Crippen LogP contribution is 2.20. The molecule has 0 amide bonds. The summed E-state index contributed by atoms with van der Waals surface area (Å²) in [5.74, 6) is -0.262.